The number of ether oxygens (including phenoxy) is 1. The molecule has 1 spiro atoms. The molecule has 12 heteroatoms. The molecule has 1 aromatic carbocycles. The summed E-state index contributed by atoms with van der Waals surface area (Å²) in [5.74, 6) is -0.800. The van der Waals surface area contributed by atoms with Crippen molar-refractivity contribution in [3.05, 3.63) is 53.9 Å². The predicted molar refractivity (Wildman–Crippen MR) is 179 cm³/mol. The van der Waals surface area contributed by atoms with Crippen molar-refractivity contribution >= 4 is 23.6 Å². The van der Waals surface area contributed by atoms with Crippen molar-refractivity contribution in [3.63, 3.8) is 0 Å². The zero-order chi connectivity index (χ0) is 34.2. The van der Waals surface area contributed by atoms with Gasteiger partial charge in [-0.1, -0.05) is 44.2 Å². The maximum Gasteiger partial charge on any atom is 0.257 e. The number of benzene rings is 1. The highest BCUT2D eigenvalue weighted by atomic mass is 16.5. The van der Waals surface area contributed by atoms with Gasteiger partial charge in [0.2, 0.25) is 17.7 Å². The monoisotopic (exact) mass is 661 g/mol. The van der Waals surface area contributed by atoms with Gasteiger partial charge in [0.1, 0.15) is 6.04 Å². The maximum absolute atomic E-state index is 14.1. The molecule has 4 amide bonds. The van der Waals surface area contributed by atoms with Crippen molar-refractivity contribution in [1.29, 1.82) is 0 Å². The SMILES string of the molecule is CNC(=O)[C@@H](NC(=O)[C@@H]1CN(C(=O)c2cnn(CC3CCN(C)CC3)c2)CC12CN(C(=O)[C@H]1CC1(C)C)C2)[C@@H](C)OCc1ccccc1. The molecular formula is C36H51N7O5. The van der Waals surface area contributed by atoms with E-state index < -0.39 is 23.5 Å². The van der Waals surface area contributed by atoms with E-state index in [1.807, 2.05) is 46.1 Å². The molecule has 0 radical (unpaired) electrons. The summed E-state index contributed by atoms with van der Waals surface area (Å²) in [5, 5.41) is 10.1. The molecule has 6 rings (SSSR count). The largest absolute Gasteiger partial charge is 0.371 e. The number of likely N-dealkylation sites (tertiary alicyclic amines) is 3. The fourth-order valence-corrected chi connectivity index (χ4v) is 7.75. The summed E-state index contributed by atoms with van der Waals surface area (Å²) < 4.78 is 7.91. The van der Waals surface area contributed by atoms with E-state index in [4.69, 9.17) is 4.74 Å². The first-order valence-corrected chi connectivity index (χ1v) is 17.4. The minimum absolute atomic E-state index is 0.00137. The number of likely N-dealkylation sites (N-methyl/N-ethyl adjacent to an activating group) is 1. The van der Waals surface area contributed by atoms with Crippen LogP contribution in [0.15, 0.2) is 42.7 Å². The topological polar surface area (TPSA) is 129 Å². The van der Waals surface area contributed by atoms with Crippen LogP contribution >= 0.6 is 0 Å². The number of nitrogens with zero attached hydrogens (tertiary/aromatic N) is 5. The Morgan fingerprint density at radius 3 is 2.33 bits per heavy atom. The van der Waals surface area contributed by atoms with E-state index >= 15 is 0 Å². The van der Waals surface area contributed by atoms with Crippen LogP contribution in [-0.4, -0.2) is 114 Å². The van der Waals surface area contributed by atoms with Crippen molar-refractivity contribution < 1.29 is 23.9 Å². The van der Waals surface area contributed by atoms with E-state index in [1.54, 1.807) is 18.0 Å². The molecule has 3 saturated heterocycles. The van der Waals surface area contributed by atoms with E-state index in [-0.39, 0.29) is 41.5 Å². The Morgan fingerprint density at radius 2 is 1.69 bits per heavy atom. The summed E-state index contributed by atoms with van der Waals surface area (Å²) >= 11 is 0. The Kier molecular flexibility index (Phi) is 9.68. The zero-order valence-corrected chi connectivity index (χ0v) is 29.0. The molecule has 48 heavy (non-hydrogen) atoms. The second kappa shape index (κ2) is 13.6. The van der Waals surface area contributed by atoms with E-state index in [9.17, 15) is 19.2 Å². The van der Waals surface area contributed by atoms with Crippen molar-refractivity contribution in [3.8, 4) is 0 Å². The van der Waals surface area contributed by atoms with Crippen LogP contribution < -0.4 is 10.6 Å². The second-order valence-corrected chi connectivity index (χ2v) is 15.3. The molecule has 0 unspecified atom stereocenters. The number of piperidine rings is 1. The molecule has 4 aliphatic rings. The molecule has 4 heterocycles. The predicted octanol–water partition coefficient (Wildman–Crippen LogP) is 2.01. The molecule has 1 aromatic heterocycles. The molecule has 4 atom stereocenters. The van der Waals surface area contributed by atoms with Gasteiger partial charge in [-0.15, -0.1) is 0 Å². The van der Waals surface area contributed by atoms with E-state index in [2.05, 4.69) is 41.5 Å². The second-order valence-electron chi connectivity index (χ2n) is 15.3. The van der Waals surface area contributed by atoms with Crippen LogP contribution in [0.25, 0.3) is 0 Å². The van der Waals surface area contributed by atoms with Gasteiger partial charge in [-0.05, 0) is 63.2 Å². The summed E-state index contributed by atoms with van der Waals surface area (Å²) in [6.07, 6.45) is 5.89. The number of carbonyl (C=O) groups excluding carboxylic acids is 4. The average Bonchev–Trinajstić information content (AvgIpc) is 3.37. The first-order valence-electron chi connectivity index (χ1n) is 17.4. The van der Waals surface area contributed by atoms with Gasteiger partial charge in [-0.25, -0.2) is 0 Å². The van der Waals surface area contributed by atoms with Gasteiger partial charge < -0.3 is 30.1 Å². The molecule has 2 aromatic rings. The van der Waals surface area contributed by atoms with Gasteiger partial charge >= 0.3 is 0 Å². The molecule has 3 aliphatic heterocycles. The Labute approximate surface area is 283 Å². The third-order valence-corrected chi connectivity index (χ3v) is 11.2. The van der Waals surface area contributed by atoms with Crippen molar-refractivity contribution in [2.24, 2.45) is 28.6 Å². The van der Waals surface area contributed by atoms with E-state index in [0.717, 1.165) is 44.5 Å². The summed E-state index contributed by atoms with van der Waals surface area (Å²) in [6.45, 7) is 10.5. The Bertz CT molecular complexity index is 1490. The van der Waals surface area contributed by atoms with Crippen LogP contribution in [0.4, 0.5) is 0 Å². The summed E-state index contributed by atoms with van der Waals surface area (Å²) in [4.78, 5) is 60.2. The summed E-state index contributed by atoms with van der Waals surface area (Å²) in [7, 11) is 3.67. The quantitative estimate of drug-likeness (QED) is 0.377. The Balaban J connectivity index is 1.15. The number of rotatable bonds is 11. The van der Waals surface area contributed by atoms with Gasteiger partial charge in [0.05, 0.1) is 30.4 Å². The lowest BCUT2D eigenvalue weighted by Crippen LogP contribution is -2.65. The van der Waals surface area contributed by atoms with Crippen LogP contribution in [0.3, 0.4) is 0 Å². The number of carbonyl (C=O) groups is 4. The Morgan fingerprint density at radius 1 is 1.02 bits per heavy atom. The number of amides is 4. The maximum atomic E-state index is 14.1. The van der Waals surface area contributed by atoms with Crippen molar-refractivity contribution in [1.82, 2.24) is 35.1 Å². The van der Waals surface area contributed by atoms with Crippen LogP contribution in [0.5, 0.6) is 0 Å². The number of hydrogen-bond donors (Lipinski definition) is 2. The normalized spacial score (nSPS) is 24.5. The van der Waals surface area contributed by atoms with Crippen LogP contribution in [0.2, 0.25) is 0 Å². The van der Waals surface area contributed by atoms with Gasteiger partial charge in [0.25, 0.3) is 5.91 Å². The molecular weight excluding hydrogens is 610 g/mol. The fourth-order valence-electron chi connectivity index (χ4n) is 7.75. The lowest BCUT2D eigenvalue weighted by molar-refractivity contribution is -0.152. The highest BCUT2D eigenvalue weighted by Gasteiger charge is 2.62. The van der Waals surface area contributed by atoms with Gasteiger partial charge in [-0.3, -0.25) is 23.9 Å². The summed E-state index contributed by atoms with van der Waals surface area (Å²) in [5.41, 5.74) is 0.860. The molecule has 2 N–H and O–H groups in total. The number of aromatic nitrogens is 2. The standard InChI is InChI=1S/C36H51N7O5/c1-24(48-20-26-9-7-6-8-10-26)30(32(45)37-4)39-31(44)29-19-41(21-36(29)22-42(23-36)34(47)28-15-35(28,2)3)33(46)27-16-38-43(18-27)17-25-11-13-40(5)14-12-25/h6-10,16,18,24-25,28-30H,11-15,17,19-23H2,1-5H3,(H,37,45)(H,39,44)/t24-,28-,29+,30+/m1/s1. The van der Waals surface area contributed by atoms with Gasteiger partial charge in [0, 0.05) is 57.3 Å². The molecule has 0 bridgehead atoms. The minimum atomic E-state index is -0.934. The van der Waals surface area contributed by atoms with Crippen LogP contribution in [0.1, 0.15) is 56.0 Å². The zero-order valence-electron chi connectivity index (χ0n) is 29.0. The summed E-state index contributed by atoms with van der Waals surface area (Å²) in [6, 6.07) is 8.72. The lowest BCUT2D eigenvalue weighted by Gasteiger charge is -2.50. The smallest absolute Gasteiger partial charge is 0.257 e. The first kappa shape index (κ1) is 34.1. The minimum Gasteiger partial charge on any atom is -0.371 e. The van der Waals surface area contributed by atoms with Crippen molar-refractivity contribution in [2.75, 3.05) is 53.4 Å². The average molecular weight is 662 g/mol. The third-order valence-electron chi connectivity index (χ3n) is 11.2. The van der Waals surface area contributed by atoms with Crippen LogP contribution in [-0.2, 0) is 32.3 Å². The Hall–Kier alpha value is -3.77. The van der Waals surface area contributed by atoms with E-state index in [1.165, 1.54) is 7.05 Å². The van der Waals surface area contributed by atoms with E-state index in [0.29, 0.717) is 37.7 Å². The highest BCUT2D eigenvalue weighted by molar-refractivity contribution is 5.95. The highest BCUT2D eigenvalue weighted by Crippen LogP contribution is 2.54. The van der Waals surface area contributed by atoms with Crippen molar-refractivity contribution in [2.45, 2.75) is 65.3 Å². The van der Waals surface area contributed by atoms with Gasteiger partial charge in [-0.2, -0.15) is 5.10 Å². The third kappa shape index (κ3) is 7.15. The molecule has 12 nitrogen and oxygen atoms in total. The first-order chi connectivity index (χ1) is 22.9. The number of hydrogen-bond acceptors (Lipinski definition) is 7. The van der Waals surface area contributed by atoms with Gasteiger partial charge in [0.15, 0.2) is 0 Å². The number of nitrogens with one attached hydrogen (secondary N) is 2. The molecule has 1 aliphatic carbocycles. The molecule has 260 valence electrons. The lowest BCUT2D eigenvalue weighted by atomic mass is 9.70. The molecule has 4 fully saturated rings. The molecule has 1 saturated carbocycles. The fraction of sp³-hybridized carbons (Fsp3) is 0.639. The van der Waals surface area contributed by atoms with Crippen LogP contribution in [0, 0.1) is 28.6 Å².